The molecule has 2 aromatic carbocycles. The number of methoxy groups -OCH3 is 1. The van der Waals surface area contributed by atoms with E-state index in [4.69, 9.17) is 23.7 Å². The zero-order valence-corrected chi connectivity index (χ0v) is 17.9. The van der Waals surface area contributed by atoms with E-state index in [0.717, 1.165) is 16.9 Å². The molecule has 2 saturated heterocycles. The molecule has 0 aliphatic carbocycles. The largest absolute Gasteiger partial charge is 0.497 e. The van der Waals surface area contributed by atoms with Crippen LogP contribution in [0.1, 0.15) is 25.0 Å². The topological polar surface area (TPSA) is 94.9 Å². The highest BCUT2D eigenvalue weighted by Crippen LogP contribution is 2.41. The van der Waals surface area contributed by atoms with Gasteiger partial charge in [-0.15, -0.1) is 0 Å². The van der Waals surface area contributed by atoms with Gasteiger partial charge in [-0.2, -0.15) is 0 Å². The van der Waals surface area contributed by atoms with Crippen LogP contribution in [-0.4, -0.2) is 43.5 Å². The Morgan fingerprint density at radius 3 is 2.48 bits per heavy atom. The first kappa shape index (κ1) is 21.6. The molecule has 8 nitrogen and oxygen atoms in total. The monoisotopic (exact) mass is 425 g/mol. The van der Waals surface area contributed by atoms with Gasteiger partial charge in [0.05, 0.1) is 25.9 Å². The number of ether oxygens (including phenoxy) is 5. The maximum atomic E-state index is 9.22. The molecule has 2 aliphatic heterocycles. The molecule has 2 heterocycles. The first-order chi connectivity index (χ1) is 15.0. The van der Waals surface area contributed by atoms with E-state index in [2.05, 4.69) is 10.0 Å². The van der Waals surface area contributed by atoms with Crippen LogP contribution in [0.2, 0.25) is 0 Å². The van der Waals surface area contributed by atoms with E-state index in [1.807, 2.05) is 68.4 Å². The van der Waals surface area contributed by atoms with E-state index in [-0.39, 0.29) is 0 Å². The highest BCUT2D eigenvalue weighted by molar-refractivity contribution is 5.28. The van der Waals surface area contributed by atoms with Crippen molar-refractivity contribution in [2.45, 2.75) is 63.3 Å². The van der Waals surface area contributed by atoms with Gasteiger partial charge in [-0.25, -0.2) is 0 Å². The molecule has 0 spiro atoms. The fourth-order valence-electron chi connectivity index (χ4n) is 4.06. The Balaban J connectivity index is 1.55. The molecule has 2 aromatic rings. The lowest BCUT2D eigenvalue weighted by Gasteiger charge is -2.29. The molecular formula is C23H27N3O5. The Morgan fingerprint density at radius 1 is 1.06 bits per heavy atom. The lowest BCUT2D eigenvalue weighted by atomic mass is 9.97. The zero-order valence-electron chi connectivity index (χ0n) is 17.9. The van der Waals surface area contributed by atoms with E-state index in [1.54, 1.807) is 7.11 Å². The standard InChI is InChI=1S/C23H27N3O5/c1-23(2)30-21-20(28-14-16-7-5-4-6-8-16)19(29-22(21)31-23)18(25-26-24)13-15-9-11-17(27-3)12-10-15/h4-12,18-22H,13-14H2,1-3H3/t18-,19+,20-,21?,22?/m0/s1. The molecule has 2 aliphatic rings. The third-order valence-corrected chi connectivity index (χ3v) is 5.50. The van der Waals surface area contributed by atoms with E-state index in [1.165, 1.54) is 0 Å². The molecule has 2 unspecified atom stereocenters. The minimum Gasteiger partial charge on any atom is -0.497 e. The van der Waals surface area contributed by atoms with Crippen LogP contribution in [0.15, 0.2) is 59.7 Å². The summed E-state index contributed by atoms with van der Waals surface area (Å²) in [4.78, 5) is 3.07. The Bertz CT molecular complexity index is 915. The Kier molecular flexibility index (Phi) is 6.46. The van der Waals surface area contributed by atoms with Gasteiger partial charge >= 0.3 is 0 Å². The minimum absolute atomic E-state index is 0.393. The molecule has 8 heteroatoms. The Hall–Kier alpha value is -2.61. The lowest BCUT2D eigenvalue weighted by Crippen LogP contribution is -2.42. The third-order valence-electron chi connectivity index (χ3n) is 5.50. The molecule has 0 aromatic heterocycles. The number of nitrogens with zero attached hydrogens (tertiary/aromatic N) is 3. The molecule has 31 heavy (non-hydrogen) atoms. The molecule has 0 amide bonds. The summed E-state index contributed by atoms with van der Waals surface area (Å²) in [6.45, 7) is 4.09. The second-order valence-corrected chi connectivity index (χ2v) is 8.15. The molecule has 0 N–H and O–H groups in total. The van der Waals surface area contributed by atoms with E-state index >= 15 is 0 Å². The predicted octanol–water partition coefficient (Wildman–Crippen LogP) is 4.38. The van der Waals surface area contributed by atoms with Crippen LogP contribution >= 0.6 is 0 Å². The Labute approximate surface area is 181 Å². The maximum absolute atomic E-state index is 9.22. The fraction of sp³-hybridized carbons (Fsp3) is 0.478. The molecule has 0 radical (unpaired) electrons. The van der Waals surface area contributed by atoms with E-state index in [0.29, 0.717) is 13.0 Å². The van der Waals surface area contributed by atoms with Crippen LogP contribution < -0.4 is 4.74 Å². The molecule has 0 saturated carbocycles. The van der Waals surface area contributed by atoms with Crippen LogP contribution in [0.5, 0.6) is 5.75 Å². The maximum Gasteiger partial charge on any atom is 0.190 e. The van der Waals surface area contributed by atoms with Crippen molar-refractivity contribution in [3.8, 4) is 5.75 Å². The van der Waals surface area contributed by atoms with Crippen molar-refractivity contribution in [1.29, 1.82) is 0 Å². The highest BCUT2D eigenvalue weighted by Gasteiger charge is 2.57. The predicted molar refractivity (Wildman–Crippen MR) is 113 cm³/mol. The van der Waals surface area contributed by atoms with Gasteiger partial charge < -0.3 is 23.7 Å². The van der Waals surface area contributed by atoms with Gasteiger partial charge in [0.25, 0.3) is 0 Å². The average molecular weight is 425 g/mol. The summed E-state index contributed by atoms with van der Waals surface area (Å²) in [5, 5.41) is 4.05. The summed E-state index contributed by atoms with van der Waals surface area (Å²) < 4.78 is 29.7. The fourth-order valence-corrected chi connectivity index (χ4v) is 4.06. The summed E-state index contributed by atoms with van der Waals surface area (Å²) >= 11 is 0. The lowest BCUT2D eigenvalue weighted by molar-refractivity contribution is -0.221. The number of hydrogen-bond donors (Lipinski definition) is 0. The Morgan fingerprint density at radius 2 is 1.81 bits per heavy atom. The van der Waals surface area contributed by atoms with Crippen LogP contribution in [0.4, 0.5) is 0 Å². The van der Waals surface area contributed by atoms with E-state index in [9.17, 15) is 5.53 Å². The van der Waals surface area contributed by atoms with Crippen LogP contribution in [-0.2, 0) is 32.0 Å². The van der Waals surface area contributed by atoms with Gasteiger partial charge in [0.2, 0.25) is 0 Å². The van der Waals surface area contributed by atoms with Crippen molar-refractivity contribution in [2.24, 2.45) is 5.11 Å². The molecular weight excluding hydrogens is 398 g/mol. The van der Waals surface area contributed by atoms with Gasteiger partial charge in [-0.05, 0) is 49.1 Å². The number of azide groups is 1. The second-order valence-electron chi connectivity index (χ2n) is 8.15. The summed E-state index contributed by atoms with van der Waals surface area (Å²) in [5.74, 6) is 0.00220. The molecule has 164 valence electrons. The normalized spacial score (nSPS) is 27.3. The van der Waals surface area contributed by atoms with Crippen LogP contribution in [0.3, 0.4) is 0 Å². The molecule has 0 bridgehead atoms. The summed E-state index contributed by atoms with van der Waals surface area (Å²) in [7, 11) is 1.62. The molecule has 5 atom stereocenters. The SMILES string of the molecule is COc1ccc(C[C@H](N=[N+]=[N-])[C@H]2OC3OC(C)(C)OC3[C@H]2OCc2ccccc2)cc1. The van der Waals surface area contributed by atoms with Gasteiger partial charge in [0.15, 0.2) is 12.1 Å². The van der Waals surface area contributed by atoms with Crippen molar-refractivity contribution in [2.75, 3.05) is 7.11 Å². The smallest absolute Gasteiger partial charge is 0.190 e. The quantitative estimate of drug-likeness (QED) is 0.355. The third kappa shape index (κ3) is 5.01. The second kappa shape index (κ2) is 9.26. The number of rotatable bonds is 8. The number of benzene rings is 2. The van der Waals surface area contributed by atoms with Crippen molar-refractivity contribution in [3.05, 3.63) is 76.2 Å². The van der Waals surface area contributed by atoms with Crippen molar-refractivity contribution in [3.63, 3.8) is 0 Å². The van der Waals surface area contributed by atoms with Gasteiger partial charge in [-0.1, -0.05) is 47.6 Å². The van der Waals surface area contributed by atoms with Crippen molar-refractivity contribution >= 4 is 0 Å². The average Bonchev–Trinajstić information content (AvgIpc) is 3.24. The number of hydrogen-bond acceptors (Lipinski definition) is 6. The first-order valence-corrected chi connectivity index (χ1v) is 10.3. The van der Waals surface area contributed by atoms with Crippen LogP contribution in [0, 0.1) is 0 Å². The summed E-state index contributed by atoms with van der Waals surface area (Å²) in [6, 6.07) is 17.1. The minimum atomic E-state index is -0.765. The van der Waals surface area contributed by atoms with Gasteiger partial charge in [-0.3, -0.25) is 0 Å². The van der Waals surface area contributed by atoms with Crippen molar-refractivity contribution in [1.82, 2.24) is 0 Å². The first-order valence-electron chi connectivity index (χ1n) is 10.3. The van der Waals surface area contributed by atoms with E-state index < -0.39 is 36.4 Å². The molecule has 4 rings (SSSR count). The van der Waals surface area contributed by atoms with Gasteiger partial charge in [0, 0.05) is 4.91 Å². The van der Waals surface area contributed by atoms with Crippen molar-refractivity contribution < 1.29 is 23.7 Å². The zero-order chi connectivity index (χ0) is 21.8. The highest BCUT2D eigenvalue weighted by atomic mass is 16.8. The van der Waals surface area contributed by atoms with Gasteiger partial charge in [0.1, 0.15) is 18.0 Å². The van der Waals surface area contributed by atoms with Crippen LogP contribution in [0.25, 0.3) is 10.4 Å². The number of fused-ring (bicyclic) bond motifs is 1. The summed E-state index contributed by atoms with van der Waals surface area (Å²) in [6.07, 6.45) is -1.44. The molecule has 2 fully saturated rings. The summed E-state index contributed by atoms with van der Waals surface area (Å²) in [5.41, 5.74) is 11.3.